The second-order valence-corrected chi connectivity index (χ2v) is 5.47. The molecule has 2 rings (SSSR count). The molecule has 124 valence electrons. The van der Waals surface area contributed by atoms with E-state index < -0.39 is 5.79 Å². The maximum absolute atomic E-state index is 10.3. The predicted octanol–water partition coefficient (Wildman–Crippen LogP) is 1.27. The minimum atomic E-state index is -0.469. The highest BCUT2D eigenvalue weighted by Gasteiger charge is 2.44. The topological polar surface area (TPSA) is 69.7 Å². The van der Waals surface area contributed by atoms with Crippen LogP contribution in [0.25, 0.3) is 0 Å². The maximum atomic E-state index is 10.3. The molecule has 1 aromatic rings. The molecule has 6 heteroatoms. The number of rotatable bonds is 7. The van der Waals surface area contributed by atoms with Crippen LogP contribution in [0.15, 0.2) is 18.5 Å². The number of carbonyl (C=O) groups is 1. The van der Waals surface area contributed by atoms with Crippen LogP contribution in [0.4, 0.5) is 0 Å². The van der Waals surface area contributed by atoms with Crippen LogP contribution in [0, 0.1) is 17.8 Å². The van der Waals surface area contributed by atoms with E-state index in [-0.39, 0.29) is 18.6 Å². The number of hydrogen-bond donors (Lipinski definition) is 1. The summed E-state index contributed by atoms with van der Waals surface area (Å²) in [5.74, 6) is 6.17. The van der Waals surface area contributed by atoms with Gasteiger partial charge in [-0.1, -0.05) is 11.8 Å². The molecule has 0 radical (unpaired) electrons. The average Bonchev–Trinajstić information content (AvgIpc) is 2.55. The van der Waals surface area contributed by atoms with E-state index in [9.17, 15) is 4.79 Å². The molecule has 1 aromatic heterocycles. The lowest BCUT2D eigenvalue weighted by Crippen LogP contribution is -2.46. The van der Waals surface area contributed by atoms with Gasteiger partial charge in [0, 0.05) is 50.9 Å². The zero-order valence-corrected chi connectivity index (χ0v) is 13.7. The van der Waals surface area contributed by atoms with Gasteiger partial charge in [-0.05, 0) is 18.7 Å². The van der Waals surface area contributed by atoms with Gasteiger partial charge in [-0.2, -0.15) is 0 Å². The van der Waals surface area contributed by atoms with Crippen molar-refractivity contribution in [1.29, 1.82) is 0 Å². The van der Waals surface area contributed by atoms with Gasteiger partial charge in [0.1, 0.15) is 6.61 Å². The lowest BCUT2D eigenvalue weighted by molar-refractivity contribution is -0.261. The number of hydrogen-bond acceptors (Lipinski definition) is 6. The molecule has 1 aliphatic carbocycles. The van der Waals surface area contributed by atoms with Crippen LogP contribution in [0.5, 0.6) is 0 Å². The third-order valence-corrected chi connectivity index (χ3v) is 4.12. The summed E-state index contributed by atoms with van der Waals surface area (Å²) in [6, 6.07) is 1.85. The molecule has 0 saturated heterocycles. The van der Waals surface area contributed by atoms with Crippen molar-refractivity contribution in [3.8, 4) is 11.8 Å². The summed E-state index contributed by atoms with van der Waals surface area (Å²) < 4.78 is 15.5. The summed E-state index contributed by atoms with van der Waals surface area (Å²) in [5, 5.41) is 3.09. The fourth-order valence-corrected chi connectivity index (χ4v) is 2.59. The highest BCUT2D eigenvalue weighted by Crippen LogP contribution is 2.40. The Balaban J connectivity index is 2.01. The molecule has 0 aromatic carbocycles. The number of nitrogens with one attached hydrogen (secondary N) is 1. The molecule has 0 aliphatic heterocycles. The molecule has 1 heterocycles. The van der Waals surface area contributed by atoms with Crippen molar-refractivity contribution in [1.82, 2.24) is 10.3 Å². The lowest BCUT2D eigenvalue weighted by atomic mass is 9.79. The van der Waals surface area contributed by atoms with Crippen LogP contribution in [0.1, 0.15) is 30.0 Å². The summed E-state index contributed by atoms with van der Waals surface area (Å²) in [6.45, 7) is 0.696. The van der Waals surface area contributed by atoms with Crippen molar-refractivity contribution in [3.05, 3.63) is 29.6 Å². The van der Waals surface area contributed by atoms with E-state index in [4.69, 9.17) is 14.2 Å². The van der Waals surface area contributed by atoms with Crippen molar-refractivity contribution in [2.24, 2.45) is 5.92 Å². The molecular weight excluding hydrogens is 296 g/mol. The van der Waals surface area contributed by atoms with Crippen LogP contribution in [0.2, 0.25) is 0 Å². The quantitative estimate of drug-likeness (QED) is 0.464. The highest BCUT2D eigenvalue weighted by atomic mass is 16.7. The number of nitrogens with zero attached hydrogens (tertiary/aromatic N) is 1. The summed E-state index contributed by atoms with van der Waals surface area (Å²) >= 11 is 0. The summed E-state index contributed by atoms with van der Waals surface area (Å²) in [6.07, 6.45) is 5.01. The number of carbonyl (C=O) groups excluding carboxylic acids is 1. The maximum Gasteiger partial charge on any atom is 0.293 e. The first kappa shape index (κ1) is 17.4. The Morgan fingerprint density at radius 3 is 2.78 bits per heavy atom. The van der Waals surface area contributed by atoms with Crippen molar-refractivity contribution in [3.63, 3.8) is 0 Å². The third-order valence-electron chi connectivity index (χ3n) is 4.12. The monoisotopic (exact) mass is 318 g/mol. The average molecular weight is 318 g/mol. The van der Waals surface area contributed by atoms with Gasteiger partial charge < -0.3 is 19.5 Å². The lowest BCUT2D eigenvalue weighted by Gasteiger charge is -2.42. The second kappa shape index (κ2) is 8.06. The predicted molar refractivity (Wildman–Crippen MR) is 84.4 cm³/mol. The first-order valence-corrected chi connectivity index (χ1v) is 7.45. The SMILES string of the molecule is CNC(COC=O)c1cncc(C#CC2CC(OC)(OC)C2)c1. The largest absolute Gasteiger partial charge is 0.466 e. The van der Waals surface area contributed by atoms with Crippen LogP contribution in [-0.2, 0) is 19.0 Å². The Morgan fingerprint density at radius 2 is 2.17 bits per heavy atom. The molecule has 0 amide bonds. The van der Waals surface area contributed by atoms with Crippen molar-refractivity contribution < 1.29 is 19.0 Å². The molecule has 1 saturated carbocycles. The second-order valence-electron chi connectivity index (χ2n) is 5.47. The molecule has 0 bridgehead atoms. The minimum Gasteiger partial charge on any atom is -0.466 e. The first-order valence-electron chi connectivity index (χ1n) is 7.45. The Kier molecular flexibility index (Phi) is 6.11. The van der Waals surface area contributed by atoms with E-state index in [1.165, 1.54) is 0 Å². The minimum absolute atomic E-state index is 0.104. The fourth-order valence-electron chi connectivity index (χ4n) is 2.59. The smallest absolute Gasteiger partial charge is 0.293 e. The zero-order valence-electron chi connectivity index (χ0n) is 13.7. The van der Waals surface area contributed by atoms with Gasteiger partial charge in [0.05, 0.1) is 6.04 Å². The standard InChI is InChI=1S/C17H22N2O4/c1-18-16(11-23-12-20)15-6-13(9-19-10-15)4-5-14-7-17(8-14,21-2)22-3/h6,9-10,12,14,16,18H,7-8,11H2,1-3H3. The number of methoxy groups -OCH3 is 2. The molecule has 23 heavy (non-hydrogen) atoms. The van der Waals surface area contributed by atoms with Crippen molar-refractivity contribution >= 4 is 6.47 Å². The van der Waals surface area contributed by atoms with Crippen molar-refractivity contribution in [2.45, 2.75) is 24.7 Å². The zero-order chi connectivity index (χ0) is 16.7. The van der Waals surface area contributed by atoms with E-state index in [2.05, 4.69) is 22.1 Å². The van der Waals surface area contributed by atoms with E-state index in [1.807, 2.05) is 6.07 Å². The fraction of sp³-hybridized carbons (Fsp3) is 0.529. The molecule has 1 N–H and O–H groups in total. The molecule has 1 atom stereocenters. The molecule has 1 unspecified atom stereocenters. The number of ether oxygens (including phenoxy) is 3. The van der Waals surface area contributed by atoms with E-state index >= 15 is 0 Å². The Bertz CT molecular complexity index is 582. The summed E-state index contributed by atoms with van der Waals surface area (Å²) in [7, 11) is 5.11. The van der Waals surface area contributed by atoms with Gasteiger partial charge in [-0.15, -0.1) is 0 Å². The Hall–Kier alpha value is -1.94. The molecule has 1 aliphatic rings. The van der Waals surface area contributed by atoms with E-state index in [1.54, 1.807) is 33.7 Å². The Morgan fingerprint density at radius 1 is 1.43 bits per heavy atom. The van der Waals surface area contributed by atoms with Gasteiger partial charge in [0.15, 0.2) is 5.79 Å². The number of aromatic nitrogens is 1. The summed E-state index contributed by atoms with van der Waals surface area (Å²) in [4.78, 5) is 14.5. The van der Waals surface area contributed by atoms with Crippen LogP contribution in [-0.4, -0.2) is 45.1 Å². The van der Waals surface area contributed by atoms with E-state index in [0.29, 0.717) is 6.47 Å². The van der Waals surface area contributed by atoms with Gasteiger partial charge >= 0.3 is 0 Å². The Labute approximate surface area is 136 Å². The van der Waals surface area contributed by atoms with Crippen LogP contribution in [0.3, 0.4) is 0 Å². The number of likely N-dealkylation sites (N-methyl/N-ethyl adjacent to an activating group) is 1. The van der Waals surface area contributed by atoms with Crippen LogP contribution < -0.4 is 5.32 Å². The first-order chi connectivity index (χ1) is 11.2. The molecule has 0 spiro atoms. The van der Waals surface area contributed by atoms with Crippen LogP contribution >= 0.6 is 0 Å². The van der Waals surface area contributed by atoms with Gasteiger partial charge in [-0.3, -0.25) is 9.78 Å². The molecule has 1 fully saturated rings. The van der Waals surface area contributed by atoms with Crippen molar-refractivity contribution in [2.75, 3.05) is 27.9 Å². The molecule has 6 nitrogen and oxygen atoms in total. The molecular formula is C17H22N2O4. The highest BCUT2D eigenvalue weighted by molar-refractivity contribution is 5.38. The summed E-state index contributed by atoms with van der Waals surface area (Å²) in [5.41, 5.74) is 1.76. The van der Waals surface area contributed by atoms with Gasteiger partial charge in [0.2, 0.25) is 0 Å². The van der Waals surface area contributed by atoms with E-state index in [0.717, 1.165) is 24.0 Å². The van der Waals surface area contributed by atoms with Gasteiger partial charge in [-0.25, -0.2) is 0 Å². The van der Waals surface area contributed by atoms with Gasteiger partial charge in [0.25, 0.3) is 6.47 Å². The normalized spacial score (nSPS) is 17.5. The third kappa shape index (κ3) is 4.29. The number of pyridine rings is 1.